The van der Waals surface area contributed by atoms with Gasteiger partial charge in [0.2, 0.25) is 21.1 Å². The number of sulfonamides is 1. The van der Waals surface area contributed by atoms with Crippen molar-refractivity contribution in [2.75, 3.05) is 68.6 Å². The second-order valence-corrected chi connectivity index (χ2v) is 11.7. The second kappa shape index (κ2) is 11.8. The minimum Gasteiger partial charge on any atom is -0.379 e. The highest BCUT2D eigenvalue weighted by molar-refractivity contribution is 7.99. The Morgan fingerprint density at radius 1 is 1.00 bits per heavy atom. The van der Waals surface area contributed by atoms with E-state index >= 15 is 0 Å². The summed E-state index contributed by atoms with van der Waals surface area (Å²) in [4.78, 5) is 15.3. The fraction of sp³-hybridized carbons (Fsp3) is 0.417. The van der Waals surface area contributed by atoms with Crippen LogP contribution in [0.2, 0.25) is 0 Å². The molecule has 0 atom stereocenters. The van der Waals surface area contributed by atoms with Crippen molar-refractivity contribution < 1.29 is 22.7 Å². The highest BCUT2D eigenvalue weighted by atomic mass is 32.2. The van der Waals surface area contributed by atoms with Crippen molar-refractivity contribution in [2.24, 2.45) is 0 Å². The molecule has 1 N–H and O–H groups in total. The molecule has 2 saturated heterocycles. The van der Waals surface area contributed by atoms with Crippen molar-refractivity contribution in [1.82, 2.24) is 24.5 Å². The van der Waals surface area contributed by atoms with Crippen LogP contribution in [0.15, 0.2) is 52.5 Å². The lowest BCUT2D eigenvalue weighted by molar-refractivity contribution is -0.113. The van der Waals surface area contributed by atoms with Crippen molar-refractivity contribution in [3.05, 3.63) is 48.0 Å². The minimum absolute atomic E-state index is 0.0370. The number of para-hydroxylation sites is 1. The van der Waals surface area contributed by atoms with E-state index in [0.29, 0.717) is 63.5 Å². The van der Waals surface area contributed by atoms with Gasteiger partial charge in [-0.25, -0.2) is 8.42 Å². The van der Waals surface area contributed by atoms with Gasteiger partial charge in [-0.1, -0.05) is 30.0 Å². The van der Waals surface area contributed by atoms with Crippen molar-refractivity contribution in [3.63, 3.8) is 0 Å². The van der Waals surface area contributed by atoms with Crippen LogP contribution in [-0.4, -0.2) is 97.2 Å². The molecule has 3 heterocycles. The Labute approximate surface area is 225 Å². The molecule has 0 aliphatic carbocycles. The van der Waals surface area contributed by atoms with Gasteiger partial charge in [-0.2, -0.15) is 8.99 Å². The summed E-state index contributed by atoms with van der Waals surface area (Å²) in [5, 5.41) is 15.3. The lowest BCUT2D eigenvalue weighted by Gasteiger charge is -2.31. The molecule has 0 radical (unpaired) electrons. The molecular formula is C24H29N7O5S2. The topological polar surface area (TPSA) is 132 Å². The number of anilines is 2. The van der Waals surface area contributed by atoms with Gasteiger partial charge in [0, 0.05) is 26.2 Å². The molecule has 38 heavy (non-hydrogen) atoms. The number of tetrazole rings is 1. The van der Waals surface area contributed by atoms with Gasteiger partial charge in [-0.05, 0) is 47.2 Å². The van der Waals surface area contributed by atoms with Crippen LogP contribution in [0.5, 0.6) is 0 Å². The smallest absolute Gasteiger partial charge is 0.243 e. The Morgan fingerprint density at radius 2 is 1.71 bits per heavy atom. The van der Waals surface area contributed by atoms with E-state index in [1.165, 1.54) is 22.1 Å². The van der Waals surface area contributed by atoms with Crippen LogP contribution >= 0.6 is 11.8 Å². The van der Waals surface area contributed by atoms with Crippen molar-refractivity contribution >= 4 is 39.1 Å². The summed E-state index contributed by atoms with van der Waals surface area (Å²) in [6.45, 7) is 5.64. The number of nitrogens with one attached hydrogen (secondary N) is 1. The average Bonchev–Trinajstić information content (AvgIpc) is 3.41. The standard InChI is InChI=1S/C24H29N7O5S2/c1-18-4-2-3-5-21(18)31-24(26-27-28-31)37-17-23(32)25-20-16-19(38(33,34)30-10-14-36-15-11-30)6-7-22(20)29-8-12-35-13-9-29/h2-7,16H,8-15,17H2,1H3,(H,25,32). The lowest BCUT2D eigenvalue weighted by atomic mass is 10.2. The molecule has 2 aliphatic rings. The van der Waals surface area contributed by atoms with Crippen LogP contribution in [0, 0.1) is 6.92 Å². The molecule has 14 heteroatoms. The zero-order valence-corrected chi connectivity index (χ0v) is 22.6. The van der Waals surface area contributed by atoms with E-state index in [2.05, 4.69) is 25.7 Å². The fourth-order valence-corrected chi connectivity index (χ4v) is 6.45. The fourth-order valence-electron chi connectivity index (χ4n) is 4.33. The molecule has 2 aliphatic heterocycles. The molecule has 2 fully saturated rings. The van der Waals surface area contributed by atoms with E-state index in [1.54, 1.807) is 16.8 Å². The number of carbonyl (C=O) groups excluding carboxylic acids is 1. The van der Waals surface area contributed by atoms with Gasteiger partial charge in [0.05, 0.1) is 54.1 Å². The number of hydrogen-bond donors (Lipinski definition) is 1. The summed E-state index contributed by atoms with van der Waals surface area (Å²) < 4.78 is 40.4. The molecule has 0 saturated carbocycles. The average molecular weight is 560 g/mol. The molecule has 0 unspecified atom stereocenters. The summed E-state index contributed by atoms with van der Waals surface area (Å²) in [7, 11) is -3.73. The summed E-state index contributed by atoms with van der Waals surface area (Å²) >= 11 is 1.20. The van der Waals surface area contributed by atoms with E-state index in [4.69, 9.17) is 9.47 Å². The summed E-state index contributed by atoms with van der Waals surface area (Å²) in [6, 6.07) is 12.6. The number of carbonyl (C=O) groups is 1. The molecule has 0 spiro atoms. The van der Waals surface area contributed by atoms with Gasteiger partial charge < -0.3 is 19.7 Å². The Bertz CT molecular complexity index is 1390. The SMILES string of the molecule is Cc1ccccc1-n1nnnc1SCC(=O)Nc1cc(S(=O)(=O)N2CCOCC2)ccc1N1CCOCC1. The first kappa shape index (κ1) is 26.6. The van der Waals surface area contributed by atoms with Crippen LogP contribution in [0.25, 0.3) is 5.69 Å². The predicted octanol–water partition coefficient (Wildman–Crippen LogP) is 1.56. The molecular weight excluding hydrogens is 530 g/mol. The van der Waals surface area contributed by atoms with E-state index in [0.717, 1.165) is 16.9 Å². The maximum atomic E-state index is 13.3. The molecule has 0 bridgehead atoms. The predicted molar refractivity (Wildman–Crippen MR) is 142 cm³/mol. The van der Waals surface area contributed by atoms with E-state index in [9.17, 15) is 13.2 Å². The molecule has 202 valence electrons. The maximum Gasteiger partial charge on any atom is 0.243 e. The molecule has 1 amide bonds. The number of rotatable bonds is 8. The Kier molecular flexibility index (Phi) is 8.24. The van der Waals surface area contributed by atoms with Gasteiger partial charge in [-0.15, -0.1) is 5.10 Å². The van der Waals surface area contributed by atoms with Crippen molar-refractivity contribution in [2.45, 2.75) is 17.0 Å². The normalized spacial score (nSPS) is 16.9. The van der Waals surface area contributed by atoms with Gasteiger partial charge >= 0.3 is 0 Å². The highest BCUT2D eigenvalue weighted by Crippen LogP contribution is 2.31. The molecule has 3 aromatic rings. The van der Waals surface area contributed by atoms with Crippen LogP contribution in [0.1, 0.15) is 5.56 Å². The molecule has 5 rings (SSSR count). The second-order valence-electron chi connectivity index (χ2n) is 8.79. The van der Waals surface area contributed by atoms with Gasteiger partial charge in [0.25, 0.3) is 0 Å². The lowest BCUT2D eigenvalue weighted by Crippen LogP contribution is -2.40. The zero-order valence-electron chi connectivity index (χ0n) is 20.9. The third-order valence-corrected chi connectivity index (χ3v) is 9.13. The largest absolute Gasteiger partial charge is 0.379 e. The monoisotopic (exact) mass is 559 g/mol. The van der Waals surface area contributed by atoms with Crippen LogP contribution < -0.4 is 10.2 Å². The van der Waals surface area contributed by atoms with Crippen LogP contribution in [0.4, 0.5) is 11.4 Å². The van der Waals surface area contributed by atoms with Gasteiger partial charge in [-0.3, -0.25) is 4.79 Å². The first-order valence-corrected chi connectivity index (χ1v) is 14.7. The van der Waals surface area contributed by atoms with Crippen molar-refractivity contribution in [3.8, 4) is 5.69 Å². The number of nitrogens with zero attached hydrogens (tertiary/aromatic N) is 6. The van der Waals surface area contributed by atoms with Crippen LogP contribution in [-0.2, 0) is 24.3 Å². The number of ether oxygens (including phenoxy) is 2. The number of thioether (sulfide) groups is 1. The van der Waals surface area contributed by atoms with E-state index in [-0.39, 0.29) is 16.6 Å². The minimum atomic E-state index is -3.73. The number of amides is 1. The quantitative estimate of drug-likeness (QED) is 0.406. The van der Waals surface area contributed by atoms with E-state index < -0.39 is 10.0 Å². The molecule has 12 nitrogen and oxygen atoms in total. The molecule has 1 aromatic heterocycles. The van der Waals surface area contributed by atoms with Crippen LogP contribution in [0.3, 0.4) is 0 Å². The first-order valence-electron chi connectivity index (χ1n) is 12.2. The Morgan fingerprint density at radius 3 is 2.45 bits per heavy atom. The summed E-state index contributed by atoms with van der Waals surface area (Å²) in [6.07, 6.45) is 0. The maximum absolute atomic E-state index is 13.3. The summed E-state index contributed by atoms with van der Waals surface area (Å²) in [5.74, 6) is -0.264. The third kappa shape index (κ3) is 5.83. The van der Waals surface area contributed by atoms with E-state index in [1.807, 2.05) is 31.2 Å². The Hall–Kier alpha value is -3.04. The third-order valence-electron chi connectivity index (χ3n) is 6.32. The van der Waals surface area contributed by atoms with Gasteiger partial charge in [0.15, 0.2) is 0 Å². The Balaban J connectivity index is 1.36. The number of morpholine rings is 2. The van der Waals surface area contributed by atoms with Crippen molar-refractivity contribution in [1.29, 1.82) is 0 Å². The number of aryl methyl sites for hydroxylation is 1. The van der Waals surface area contributed by atoms with Gasteiger partial charge in [0.1, 0.15) is 0 Å². The first-order chi connectivity index (χ1) is 18.4. The highest BCUT2D eigenvalue weighted by Gasteiger charge is 2.28. The number of aromatic nitrogens is 4. The zero-order chi connectivity index (χ0) is 26.5. The molecule has 2 aromatic carbocycles. The number of benzene rings is 2. The summed E-state index contributed by atoms with van der Waals surface area (Å²) in [5.41, 5.74) is 3.01. The number of hydrogen-bond acceptors (Lipinski definition) is 10.